The predicted octanol–water partition coefficient (Wildman–Crippen LogP) is -3.68. The highest BCUT2D eigenvalue weighted by Gasteiger charge is 2.28. The number of carbonyl (C=O) groups is 4. The van der Waals surface area contributed by atoms with E-state index in [0.717, 1.165) is 0 Å². The maximum absolute atomic E-state index is 13.3. The molecule has 0 aliphatic heterocycles. The van der Waals surface area contributed by atoms with E-state index in [4.69, 9.17) is 5.73 Å². The number of carbonyl (C=O) groups excluding carboxylic acids is 3. The van der Waals surface area contributed by atoms with Crippen molar-refractivity contribution >= 4 is 23.7 Å². The van der Waals surface area contributed by atoms with Gasteiger partial charge in [0.25, 0.3) is 11.1 Å². The zero-order valence-electron chi connectivity index (χ0n) is 16.2. The fourth-order valence-electron chi connectivity index (χ4n) is 2.40. The number of hydrogen-bond acceptors (Lipinski definition) is 9. The van der Waals surface area contributed by atoms with E-state index in [1.807, 2.05) is 5.32 Å². The molecule has 0 aromatic carbocycles. The van der Waals surface area contributed by atoms with Crippen molar-refractivity contribution in [2.24, 2.45) is 5.73 Å². The molecule has 1 amide bonds. The van der Waals surface area contributed by atoms with Crippen molar-refractivity contribution in [1.29, 1.82) is 0 Å². The highest BCUT2D eigenvalue weighted by atomic mass is 19.1. The molecule has 0 spiro atoms. The molecule has 0 fully saturated rings. The molecule has 2 atom stereocenters. The molecule has 2 unspecified atom stereocenters. The minimum atomic E-state index is -2.00. The second-order valence-electron chi connectivity index (χ2n) is 6.41. The number of halogens is 2. The van der Waals surface area contributed by atoms with Crippen LogP contribution in [0.4, 0.5) is 8.78 Å². The Morgan fingerprint density at radius 3 is 1.76 bits per heavy atom. The number of carboxylic acids is 1. The van der Waals surface area contributed by atoms with E-state index in [-0.39, 0.29) is 21.5 Å². The number of aliphatic carboxylic acids is 1. The van der Waals surface area contributed by atoms with Gasteiger partial charge in [-0.25, -0.2) is 23.5 Å². The molecular formula is C16H14F2N6O9. The van der Waals surface area contributed by atoms with E-state index in [1.165, 1.54) is 9.97 Å². The van der Waals surface area contributed by atoms with Crippen molar-refractivity contribution in [1.82, 2.24) is 24.4 Å². The molecule has 15 nitrogen and oxygen atoms in total. The van der Waals surface area contributed by atoms with Crippen LogP contribution in [0.2, 0.25) is 0 Å². The summed E-state index contributed by atoms with van der Waals surface area (Å²) in [6, 6.07) is -3.79. The summed E-state index contributed by atoms with van der Waals surface area (Å²) in [6.45, 7) is 0. The Kier molecular flexibility index (Phi) is 7.29. The molecule has 2 rings (SSSR count). The van der Waals surface area contributed by atoms with Crippen LogP contribution < -0.4 is 33.5 Å². The summed E-state index contributed by atoms with van der Waals surface area (Å²) in [4.78, 5) is 95.9. The summed E-state index contributed by atoms with van der Waals surface area (Å²) in [7, 11) is 0. The lowest BCUT2D eigenvalue weighted by atomic mass is 10.1. The number of aromatic nitrogens is 4. The zero-order chi connectivity index (χ0) is 25.0. The lowest BCUT2D eigenvalue weighted by molar-refractivity contribution is -0.141. The van der Waals surface area contributed by atoms with Gasteiger partial charge in [0.15, 0.2) is 0 Å². The van der Waals surface area contributed by atoms with Crippen LogP contribution in [0, 0.1) is 11.6 Å². The van der Waals surface area contributed by atoms with E-state index < -0.39 is 82.7 Å². The van der Waals surface area contributed by atoms with Crippen molar-refractivity contribution in [2.75, 3.05) is 0 Å². The van der Waals surface area contributed by atoms with Crippen LogP contribution in [-0.4, -0.2) is 60.0 Å². The first kappa shape index (κ1) is 24.7. The minimum Gasteiger partial charge on any atom is -0.480 e. The molecule has 0 saturated heterocycles. The molecule has 33 heavy (non-hydrogen) atoms. The summed E-state index contributed by atoms with van der Waals surface area (Å²) in [5, 5.41) is 11.0. The molecule has 0 bridgehead atoms. The molecular weight excluding hydrogens is 458 g/mol. The first-order chi connectivity index (χ1) is 15.3. The average molecular weight is 472 g/mol. The second-order valence-corrected chi connectivity index (χ2v) is 6.41. The van der Waals surface area contributed by atoms with E-state index in [0.29, 0.717) is 0 Å². The van der Waals surface area contributed by atoms with Crippen LogP contribution >= 0.6 is 0 Å². The number of carboxylic acid groups (broad SMARTS) is 1. The van der Waals surface area contributed by atoms with Gasteiger partial charge in [-0.3, -0.25) is 33.9 Å². The van der Waals surface area contributed by atoms with E-state index in [9.17, 15) is 52.2 Å². The van der Waals surface area contributed by atoms with Gasteiger partial charge in [-0.15, -0.1) is 0 Å². The van der Waals surface area contributed by atoms with Crippen LogP contribution in [0.15, 0.2) is 31.6 Å². The van der Waals surface area contributed by atoms with Gasteiger partial charge in [-0.1, -0.05) is 0 Å². The molecule has 176 valence electrons. The molecule has 0 saturated carbocycles. The van der Waals surface area contributed by atoms with Gasteiger partial charge in [-0.05, 0) is 0 Å². The summed E-state index contributed by atoms with van der Waals surface area (Å²) >= 11 is 0. The molecule has 0 aliphatic rings. The Morgan fingerprint density at radius 2 is 1.33 bits per heavy atom. The Morgan fingerprint density at radius 1 is 0.909 bits per heavy atom. The van der Waals surface area contributed by atoms with Crippen LogP contribution in [0.1, 0.15) is 22.4 Å². The molecule has 0 radical (unpaired) electrons. The lowest BCUT2D eigenvalue weighted by Crippen LogP contribution is -2.51. The Bertz CT molecular complexity index is 1370. The van der Waals surface area contributed by atoms with Gasteiger partial charge < -0.3 is 16.2 Å². The molecule has 2 aromatic rings. The smallest absolute Gasteiger partial charge is 0.335 e. The molecule has 2 aromatic heterocycles. The van der Waals surface area contributed by atoms with E-state index in [1.54, 1.807) is 0 Å². The molecule has 2 heterocycles. The van der Waals surface area contributed by atoms with Crippen LogP contribution in [-0.2, 0) is 9.59 Å². The van der Waals surface area contributed by atoms with Crippen molar-refractivity contribution in [3.63, 3.8) is 0 Å². The van der Waals surface area contributed by atoms with Gasteiger partial charge in [0.05, 0.1) is 31.3 Å². The highest BCUT2D eigenvalue weighted by molar-refractivity contribution is 5.93. The molecule has 17 heteroatoms. The summed E-state index contributed by atoms with van der Waals surface area (Å²) in [6.07, 6.45) is -1.52. The van der Waals surface area contributed by atoms with Crippen LogP contribution in [0.5, 0.6) is 0 Å². The minimum absolute atomic E-state index is 0.0828. The van der Waals surface area contributed by atoms with Crippen molar-refractivity contribution < 1.29 is 33.1 Å². The van der Waals surface area contributed by atoms with Gasteiger partial charge in [-0.2, -0.15) is 8.78 Å². The number of nitrogens with two attached hydrogens (primary N) is 1. The second kappa shape index (κ2) is 9.73. The summed E-state index contributed by atoms with van der Waals surface area (Å²) in [5.74, 6) is -8.58. The number of amides is 1. The van der Waals surface area contributed by atoms with Gasteiger partial charge in [0.1, 0.15) is 6.04 Å². The maximum Gasteiger partial charge on any atom is 0.335 e. The maximum atomic E-state index is 13.3. The number of H-pyrrole nitrogens is 2. The van der Waals surface area contributed by atoms with E-state index in [2.05, 4.69) is 0 Å². The molecule has 6 N–H and O–H groups in total. The largest absolute Gasteiger partial charge is 0.480 e. The standard InChI is InChI=1S/C16H14F2N6O9/c17-5-3-23(15(32)21-11(5)27)9(25)1-7(19)13(29)20-8(14(30)31)2-10(26)24-4-6(18)12(28)22-16(24)33/h3-4,7-8H,1-2,19H2,(H,20,29)(H,30,31)(H,21,27,32)(H,22,28,33). The summed E-state index contributed by atoms with van der Waals surface area (Å²) in [5.41, 5.74) is 0.0161. The topological polar surface area (TPSA) is 236 Å². The number of nitrogens with one attached hydrogen (secondary N) is 3. The number of aromatic amines is 2. The van der Waals surface area contributed by atoms with Gasteiger partial charge in [0.2, 0.25) is 29.4 Å². The fraction of sp³-hybridized carbons (Fsp3) is 0.250. The van der Waals surface area contributed by atoms with E-state index >= 15 is 0 Å². The van der Waals surface area contributed by atoms with Crippen molar-refractivity contribution in [3.05, 3.63) is 65.7 Å². The SMILES string of the molecule is NC(CC(=O)n1cc(F)c(=O)[nH]c1=O)C(=O)NC(CC(=O)n1cc(F)c(=O)[nH]c1=O)C(=O)O. The Balaban J connectivity index is 2.13. The number of rotatable bonds is 7. The van der Waals surface area contributed by atoms with Gasteiger partial charge >= 0.3 is 17.3 Å². The Hall–Kier alpha value is -4.54. The zero-order valence-corrected chi connectivity index (χ0v) is 16.2. The van der Waals surface area contributed by atoms with Crippen molar-refractivity contribution in [3.8, 4) is 0 Å². The third-order valence-electron chi connectivity index (χ3n) is 4.06. The third-order valence-corrected chi connectivity index (χ3v) is 4.06. The summed E-state index contributed by atoms with van der Waals surface area (Å²) < 4.78 is 26.8. The van der Waals surface area contributed by atoms with Crippen LogP contribution in [0.25, 0.3) is 0 Å². The van der Waals surface area contributed by atoms with Crippen molar-refractivity contribution in [2.45, 2.75) is 24.9 Å². The normalized spacial score (nSPS) is 12.6. The van der Waals surface area contributed by atoms with Gasteiger partial charge in [0, 0.05) is 0 Å². The average Bonchev–Trinajstić information content (AvgIpc) is 2.72. The third kappa shape index (κ3) is 5.79. The van der Waals surface area contributed by atoms with Crippen LogP contribution in [0.3, 0.4) is 0 Å². The molecule has 0 aliphatic carbocycles. The monoisotopic (exact) mass is 472 g/mol. The first-order valence-electron chi connectivity index (χ1n) is 8.70. The number of hydrogen-bond donors (Lipinski definition) is 5. The Labute approximate surface area is 178 Å². The number of nitrogens with zero attached hydrogens (tertiary/aromatic N) is 2. The highest BCUT2D eigenvalue weighted by Crippen LogP contribution is 2.00. The predicted molar refractivity (Wildman–Crippen MR) is 101 cm³/mol. The lowest BCUT2D eigenvalue weighted by Gasteiger charge is -2.17. The fourth-order valence-corrected chi connectivity index (χ4v) is 2.40. The first-order valence-corrected chi connectivity index (χ1v) is 8.70. The quantitative estimate of drug-likeness (QED) is 0.264.